The molecule has 28 heavy (non-hydrogen) atoms. The molecular formula is C22H18ClFINO2. The van der Waals surface area contributed by atoms with E-state index in [2.05, 4.69) is 27.6 Å². The van der Waals surface area contributed by atoms with Crippen molar-refractivity contribution in [3.63, 3.8) is 0 Å². The number of aliphatic imine (C=N–C) groups is 1. The Morgan fingerprint density at radius 2 is 1.96 bits per heavy atom. The van der Waals surface area contributed by atoms with Crippen molar-refractivity contribution < 1.29 is 13.9 Å². The number of rotatable bonds is 6. The fourth-order valence-corrected chi connectivity index (χ4v) is 3.50. The molecule has 3 aromatic rings. The van der Waals surface area contributed by atoms with E-state index in [9.17, 15) is 4.39 Å². The number of benzene rings is 3. The van der Waals surface area contributed by atoms with Gasteiger partial charge in [0.1, 0.15) is 12.4 Å². The van der Waals surface area contributed by atoms with Gasteiger partial charge in [-0.3, -0.25) is 4.99 Å². The summed E-state index contributed by atoms with van der Waals surface area (Å²) in [5.41, 5.74) is 3.41. The summed E-state index contributed by atoms with van der Waals surface area (Å²) in [6.07, 6.45) is 1.75. The molecule has 0 fully saturated rings. The lowest BCUT2D eigenvalue weighted by molar-refractivity contribution is 0.282. The van der Waals surface area contributed by atoms with Crippen LogP contribution in [0.4, 0.5) is 10.1 Å². The molecule has 0 heterocycles. The third-order valence-corrected chi connectivity index (χ3v) is 5.25. The summed E-state index contributed by atoms with van der Waals surface area (Å²) >= 11 is 8.34. The molecule has 0 spiro atoms. The van der Waals surface area contributed by atoms with Crippen molar-refractivity contribution in [1.82, 2.24) is 0 Å². The van der Waals surface area contributed by atoms with Crippen LogP contribution < -0.4 is 9.47 Å². The Labute approximate surface area is 182 Å². The Bertz CT molecular complexity index is 1020. The zero-order chi connectivity index (χ0) is 20.1. The molecule has 0 aliphatic carbocycles. The number of ether oxygens (including phenoxy) is 2. The number of methoxy groups -OCH3 is 1. The van der Waals surface area contributed by atoms with Gasteiger partial charge in [0.05, 0.1) is 16.4 Å². The van der Waals surface area contributed by atoms with Gasteiger partial charge in [0.2, 0.25) is 0 Å². The molecule has 0 atom stereocenters. The van der Waals surface area contributed by atoms with E-state index >= 15 is 0 Å². The summed E-state index contributed by atoms with van der Waals surface area (Å²) < 4.78 is 25.6. The summed E-state index contributed by atoms with van der Waals surface area (Å²) in [7, 11) is 1.58. The zero-order valence-electron chi connectivity index (χ0n) is 15.4. The van der Waals surface area contributed by atoms with Crippen LogP contribution in [0.3, 0.4) is 0 Å². The Balaban J connectivity index is 1.80. The summed E-state index contributed by atoms with van der Waals surface area (Å²) in [6.45, 7) is 2.20. The van der Waals surface area contributed by atoms with Crippen LogP contribution in [0.15, 0.2) is 59.6 Å². The van der Waals surface area contributed by atoms with Crippen molar-refractivity contribution in [2.45, 2.75) is 13.5 Å². The van der Waals surface area contributed by atoms with Crippen molar-refractivity contribution >= 4 is 46.1 Å². The minimum absolute atomic E-state index is 0.249. The van der Waals surface area contributed by atoms with Crippen molar-refractivity contribution in [3.8, 4) is 11.5 Å². The quantitative estimate of drug-likeness (QED) is 0.272. The molecule has 0 amide bonds. The van der Waals surface area contributed by atoms with E-state index < -0.39 is 0 Å². The first kappa shape index (κ1) is 20.6. The second kappa shape index (κ2) is 9.39. The van der Waals surface area contributed by atoms with Crippen LogP contribution in [-0.2, 0) is 6.61 Å². The molecule has 0 bridgehead atoms. The van der Waals surface area contributed by atoms with Crippen molar-refractivity contribution in [2.75, 3.05) is 7.11 Å². The average molecular weight is 510 g/mol. The number of hydrogen-bond donors (Lipinski definition) is 0. The van der Waals surface area contributed by atoms with E-state index in [0.29, 0.717) is 16.5 Å². The first-order chi connectivity index (χ1) is 13.5. The molecular weight excluding hydrogens is 492 g/mol. The van der Waals surface area contributed by atoms with E-state index in [1.54, 1.807) is 19.4 Å². The molecule has 0 radical (unpaired) electrons. The lowest BCUT2D eigenvalue weighted by Gasteiger charge is -2.13. The van der Waals surface area contributed by atoms with Gasteiger partial charge in [-0.1, -0.05) is 29.8 Å². The van der Waals surface area contributed by atoms with Gasteiger partial charge in [0.25, 0.3) is 0 Å². The van der Waals surface area contributed by atoms with Crippen LogP contribution in [0.5, 0.6) is 11.5 Å². The molecule has 3 nitrogen and oxygen atoms in total. The van der Waals surface area contributed by atoms with E-state index in [-0.39, 0.29) is 12.4 Å². The zero-order valence-corrected chi connectivity index (χ0v) is 18.3. The van der Waals surface area contributed by atoms with Gasteiger partial charge in [0, 0.05) is 11.2 Å². The highest BCUT2D eigenvalue weighted by molar-refractivity contribution is 14.1. The molecule has 0 aliphatic rings. The largest absolute Gasteiger partial charge is 0.493 e. The monoisotopic (exact) mass is 509 g/mol. The first-order valence-electron chi connectivity index (χ1n) is 8.51. The highest BCUT2D eigenvalue weighted by Gasteiger charge is 2.12. The summed E-state index contributed by atoms with van der Waals surface area (Å²) in [5, 5.41) is 0.683. The van der Waals surface area contributed by atoms with E-state index in [1.165, 1.54) is 12.1 Å². The molecule has 0 N–H and O–H groups in total. The second-order valence-electron chi connectivity index (χ2n) is 6.14. The van der Waals surface area contributed by atoms with Gasteiger partial charge in [-0.05, 0) is 82.6 Å². The van der Waals surface area contributed by atoms with E-state index in [4.69, 9.17) is 21.1 Å². The molecule has 0 saturated carbocycles. The van der Waals surface area contributed by atoms with Gasteiger partial charge in [-0.2, -0.15) is 0 Å². The molecule has 0 unspecified atom stereocenters. The predicted octanol–water partition coefficient (Wildman–Crippen LogP) is 6.73. The average Bonchev–Trinajstić information content (AvgIpc) is 2.67. The van der Waals surface area contributed by atoms with Crippen LogP contribution in [0.25, 0.3) is 0 Å². The van der Waals surface area contributed by atoms with Gasteiger partial charge in [-0.25, -0.2) is 4.39 Å². The highest BCUT2D eigenvalue weighted by Crippen LogP contribution is 2.34. The molecule has 144 valence electrons. The van der Waals surface area contributed by atoms with Crippen LogP contribution in [0, 0.1) is 16.3 Å². The smallest absolute Gasteiger partial charge is 0.174 e. The van der Waals surface area contributed by atoms with E-state index in [0.717, 1.165) is 25.9 Å². The maximum atomic E-state index is 13.3. The van der Waals surface area contributed by atoms with Gasteiger partial charge in [0.15, 0.2) is 11.5 Å². The Hall–Kier alpha value is -2.12. The highest BCUT2D eigenvalue weighted by atomic mass is 127. The summed E-state index contributed by atoms with van der Waals surface area (Å²) in [6, 6.07) is 15.8. The third kappa shape index (κ3) is 5.23. The van der Waals surface area contributed by atoms with E-state index in [1.807, 2.05) is 43.3 Å². The SMILES string of the molecule is COc1cc(C=Nc2ccc(C)c(Cl)c2)cc(I)c1OCc1cccc(F)c1. The van der Waals surface area contributed by atoms with Gasteiger partial charge >= 0.3 is 0 Å². The maximum absolute atomic E-state index is 13.3. The minimum atomic E-state index is -0.287. The molecule has 0 aliphatic heterocycles. The first-order valence-corrected chi connectivity index (χ1v) is 9.97. The summed E-state index contributed by atoms with van der Waals surface area (Å²) in [5.74, 6) is 0.917. The Morgan fingerprint density at radius 3 is 2.68 bits per heavy atom. The molecule has 0 aromatic heterocycles. The summed E-state index contributed by atoms with van der Waals surface area (Å²) in [4.78, 5) is 4.48. The number of hydrogen-bond acceptors (Lipinski definition) is 3. The number of aryl methyl sites for hydroxylation is 1. The second-order valence-corrected chi connectivity index (χ2v) is 7.71. The number of nitrogens with zero attached hydrogens (tertiary/aromatic N) is 1. The Morgan fingerprint density at radius 1 is 1.14 bits per heavy atom. The standard InChI is InChI=1S/C22H18ClFINO2/c1-14-6-7-18(11-19(14)23)26-12-16-9-20(25)22(21(10-16)27-2)28-13-15-4-3-5-17(24)8-15/h3-12H,13H2,1-2H3. The normalized spacial score (nSPS) is 11.0. The van der Waals surface area contributed by atoms with Crippen LogP contribution in [0.2, 0.25) is 5.02 Å². The molecule has 0 saturated heterocycles. The Kier molecular flexibility index (Phi) is 6.91. The van der Waals surface area contributed by atoms with Crippen LogP contribution in [-0.4, -0.2) is 13.3 Å². The molecule has 6 heteroatoms. The minimum Gasteiger partial charge on any atom is -0.493 e. The van der Waals surface area contributed by atoms with Crippen molar-refractivity contribution in [2.24, 2.45) is 4.99 Å². The van der Waals surface area contributed by atoms with Crippen LogP contribution >= 0.6 is 34.2 Å². The lowest BCUT2D eigenvalue weighted by atomic mass is 10.2. The number of halogens is 3. The van der Waals surface area contributed by atoms with Crippen LogP contribution in [0.1, 0.15) is 16.7 Å². The fourth-order valence-electron chi connectivity index (χ4n) is 2.55. The fraction of sp³-hybridized carbons (Fsp3) is 0.136. The topological polar surface area (TPSA) is 30.8 Å². The van der Waals surface area contributed by atoms with Gasteiger partial charge < -0.3 is 9.47 Å². The van der Waals surface area contributed by atoms with Crippen molar-refractivity contribution in [3.05, 3.63) is 85.7 Å². The third-order valence-electron chi connectivity index (χ3n) is 4.04. The predicted molar refractivity (Wildman–Crippen MR) is 120 cm³/mol. The molecule has 3 aromatic carbocycles. The lowest BCUT2D eigenvalue weighted by Crippen LogP contribution is -2.01. The van der Waals surface area contributed by atoms with Gasteiger partial charge in [-0.15, -0.1) is 0 Å². The molecule has 3 rings (SSSR count). The van der Waals surface area contributed by atoms with Crippen molar-refractivity contribution in [1.29, 1.82) is 0 Å². The maximum Gasteiger partial charge on any atom is 0.174 e.